The summed E-state index contributed by atoms with van der Waals surface area (Å²) >= 11 is 0. The predicted octanol–water partition coefficient (Wildman–Crippen LogP) is 0.248. The number of carbonyl (C=O) groups excluding carboxylic acids is 3. The number of benzene rings is 1. The zero-order chi connectivity index (χ0) is 17.3. The van der Waals surface area contributed by atoms with Gasteiger partial charge in [-0.15, -0.1) is 0 Å². The maximum Gasteiger partial charge on any atom is 0.277 e. The molecule has 2 heterocycles. The van der Waals surface area contributed by atoms with Crippen LogP contribution in [0, 0.1) is 0 Å². The summed E-state index contributed by atoms with van der Waals surface area (Å²) in [4.78, 5) is 38.2. The molecular formula is C17H19N3O4. The van der Waals surface area contributed by atoms with Crippen molar-refractivity contribution in [2.24, 2.45) is 0 Å². The topological polar surface area (TPSA) is 90.0 Å². The zero-order valence-electron chi connectivity index (χ0n) is 13.4. The van der Waals surface area contributed by atoms with E-state index in [9.17, 15) is 14.4 Å². The summed E-state index contributed by atoms with van der Waals surface area (Å²) in [6.45, 7) is 2.53. The second kappa shape index (κ2) is 6.45. The van der Waals surface area contributed by atoms with Crippen molar-refractivity contribution in [1.82, 2.24) is 9.80 Å². The molecule has 0 unspecified atom stereocenters. The Hall–Kier alpha value is -2.67. The third-order valence-electron chi connectivity index (χ3n) is 4.28. The van der Waals surface area contributed by atoms with Gasteiger partial charge in [-0.1, -0.05) is 6.07 Å². The van der Waals surface area contributed by atoms with Crippen molar-refractivity contribution >= 4 is 23.4 Å². The molecule has 0 atom stereocenters. The Kier molecular flexibility index (Phi) is 4.35. The standard InChI is InChI=1S/C17H19N3O4/c1-11(22)19-5-4-12-2-3-14(8-13(12)10-19)18-15-9-16(23)20(6-7-21)17(15)24/h2-3,8-9,18,21H,4-7,10H2,1H3. The van der Waals surface area contributed by atoms with Crippen molar-refractivity contribution < 1.29 is 19.5 Å². The summed E-state index contributed by atoms with van der Waals surface area (Å²) < 4.78 is 0. The molecule has 3 rings (SSSR count). The monoisotopic (exact) mass is 329 g/mol. The highest BCUT2D eigenvalue weighted by Crippen LogP contribution is 2.24. The summed E-state index contributed by atoms with van der Waals surface area (Å²) in [6, 6.07) is 5.73. The molecule has 0 aliphatic carbocycles. The number of carbonyl (C=O) groups is 3. The number of aliphatic hydroxyl groups is 1. The summed E-state index contributed by atoms with van der Waals surface area (Å²) in [6.07, 6.45) is 2.04. The zero-order valence-corrected chi connectivity index (χ0v) is 13.4. The highest BCUT2D eigenvalue weighted by molar-refractivity contribution is 6.17. The normalized spacial score (nSPS) is 17.0. The Balaban J connectivity index is 1.77. The minimum atomic E-state index is -0.447. The Morgan fingerprint density at radius 1 is 1.29 bits per heavy atom. The number of fused-ring (bicyclic) bond motifs is 1. The number of hydrogen-bond acceptors (Lipinski definition) is 5. The lowest BCUT2D eigenvalue weighted by atomic mass is 9.99. The second-order valence-corrected chi connectivity index (χ2v) is 5.88. The molecule has 3 amide bonds. The van der Waals surface area contributed by atoms with E-state index < -0.39 is 11.8 Å². The van der Waals surface area contributed by atoms with Crippen LogP contribution in [0.1, 0.15) is 18.1 Å². The summed E-state index contributed by atoms with van der Waals surface area (Å²) in [5.74, 6) is -0.840. The highest BCUT2D eigenvalue weighted by atomic mass is 16.3. The lowest BCUT2D eigenvalue weighted by molar-refractivity contribution is -0.137. The molecule has 0 fully saturated rings. The van der Waals surface area contributed by atoms with Gasteiger partial charge in [0.05, 0.1) is 13.2 Å². The fourth-order valence-electron chi connectivity index (χ4n) is 2.97. The highest BCUT2D eigenvalue weighted by Gasteiger charge is 2.30. The van der Waals surface area contributed by atoms with Crippen LogP contribution in [-0.4, -0.2) is 52.3 Å². The number of β-amino-alcohol motifs (C(OH)–C–C–N with tert-alkyl or cyclic N) is 1. The SMILES string of the molecule is CC(=O)N1CCc2ccc(NC3=CC(=O)N(CCO)C3=O)cc2C1. The molecule has 126 valence electrons. The first-order valence-electron chi connectivity index (χ1n) is 7.82. The van der Waals surface area contributed by atoms with E-state index in [1.807, 2.05) is 18.2 Å². The minimum Gasteiger partial charge on any atom is -0.395 e. The number of nitrogens with zero attached hydrogens (tertiary/aromatic N) is 2. The van der Waals surface area contributed by atoms with E-state index in [1.54, 1.807) is 11.8 Å². The average molecular weight is 329 g/mol. The van der Waals surface area contributed by atoms with Crippen molar-refractivity contribution in [3.05, 3.63) is 41.1 Å². The van der Waals surface area contributed by atoms with E-state index in [4.69, 9.17) is 5.11 Å². The first kappa shape index (κ1) is 16.2. The smallest absolute Gasteiger partial charge is 0.277 e. The van der Waals surface area contributed by atoms with Crippen LogP contribution in [0.4, 0.5) is 5.69 Å². The molecule has 2 N–H and O–H groups in total. The van der Waals surface area contributed by atoms with Crippen LogP contribution in [0.25, 0.3) is 0 Å². The van der Waals surface area contributed by atoms with Gasteiger partial charge >= 0.3 is 0 Å². The summed E-state index contributed by atoms with van der Waals surface area (Å²) in [5.41, 5.74) is 3.10. The molecule has 1 aromatic rings. The van der Waals surface area contributed by atoms with Crippen molar-refractivity contribution in [3.63, 3.8) is 0 Å². The van der Waals surface area contributed by atoms with E-state index in [2.05, 4.69) is 5.32 Å². The van der Waals surface area contributed by atoms with Gasteiger partial charge < -0.3 is 15.3 Å². The van der Waals surface area contributed by atoms with E-state index in [1.165, 1.54) is 11.6 Å². The maximum absolute atomic E-state index is 12.2. The number of nitrogens with one attached hydrogen (secondary N) is 1. The van der Waals surface area contributed by atoms with Gasteiger partial charge in [0.15, 0.2) is 0 Å². The van der Waals surface area contributed by atoms with E-state index in [0.29, 0.717) is 18.8 Å². The number of imide groups is 1. The molecular weight excluding hydrogens is 310 g/mol. The van der Waals surface area contributed by atoms with Crippen LogP contribution >= 0.6 is 0 Å². The third kappa shape index (κ3) is 3.03. The van der Waals surface area contributed by atoms with Gasteiger partial charge in [-0.3, -0.25) is 19.3 Å². The lowest BCUT2D eigenvalue weighted by Gasteiger charge is -2.28. The van der Waals surface area contributed by atoms with Gasteiger partial charge in [-0.2, -0.15) is 0 Å². The van der Waals surface area contributed by atoms with Gasteiger partial charge in [0.2, 0.25) is 5.91 Å². The van der Waals surface area contributed by atoms with Crippen molar-refractivity contribution in [2.75, 3.05) is 25.0 Å². The largest absolute Gasteiger partial charge is 0.395 e. The van der Waals surface area contributed by atoms with E-state index in [0.717, 1.165) is 16.9 Å². The summed E-state index contributed by atoms with van der Waals surface area (Å²) in [5, 5.41) is 11.9. The van der Waals surface area contributed by atoms with Crippen molar-refractivity contribution in [1.29, 1.82) is 0 Å². The molecule has 0 radical (unpaired) electrons. The van der Waals surface area contributed by atoms with E-state index >= 15 is 0 Å². The molecule has 0 bridgehead atoms. The Labute approximate surface area is 139 Å². The van der Waals surface area contributed by atoms with Gasteiger partial charge in [0.25, 0.3) is 11.8 Å². The number of rotatable bonds is 4. The fourth-order valence-corrected chi connectivity index (χ4v) is 2.97. The molecule has 2 aliphatic heterocycles. The number of amides is 3. The first-order chi connectivity index (χ1) is 11.5. The first-order valence-corrected chi connectivity index (χ1v) is 7.82. The average Bonchev–Trinajstić information content (AvgIpc) is 2.82. The summed E-state index contributed by atoms with van der Waals surface area (Å²) in [7, 11) is 0. The van der Waals surface area contributed by atoms with Gasteiger partial charge in [0, 0.05) is 31.8 Å². The molecule has 0 saturated carbocycles. The molecule has 24 heavy (non-hydrogen) atoms. The quantitative estimate of drug-likeness (QED) is 0.773. The van der Waals surface area contributed by atoms with Gasteiger partial charge in [-0.05, 0) is 29.7 Å². The van der Waals surface area contributed by atoms with Crippen molar-refractivity contribution in [2.45, 2.75) is 19.9 Å². The van der Waals surface area contributed by atoms with Crippen LogP contribution in [-0.2, 0) is 27.3 Å². The molecule has 7 nitrogen and oxygen atoms in total. The molecule has 7 heteroatoms. The maximum atomic E-state index is 12.2. The Morgan fingerprint density at radius 3 is 2.79 bits per heavy atom. The van der Waals surface area contributed by atoms with Crippen LogP contribution in [0.3, 0.4) is 0 Å². The number of anilines is 1. The van der Waals surface area contributed by atoms with Crippen LogP contribution in [0.5, 0.6) is 0 Å². The predicted molar refractivity (Wildman–Crippen MR) is 86.7 cm³/mol. The number of aliphatic hydroxyl groups excluding tert-OH is 1. The second-order valence-electron chi connectivity index (χ2n) is 5.88. The molecule has 0 spiro atoms. The molecule has 2 aliphatic rings. The lowest BCUT2D eigenvalue weighted by Crippen LogP contribution is -2.34. The van der Waals surface area contributed by atoms with Gasteiger partial charge in [-0.25, -0.2) is 0 Å². The van der Waals surface area contributed by atoms with E-state index in [-0.39, 0.29) is 24.8 Å². The Morgan fingerprint density at radius 2 is 2.08 bits per heavy atom. The van der Waals surface area contributed by atoms with Crippen LogP contribution in [0.2, 0.25) is 0 Å². The van der Waals surface area contributed by atoms with Crippen LogP contribution in [0.15, 0.2) is 30.0 Å². The molecule has 0 saturated heterocycles. The molecule has 0 aromatic heterocycles. The molecule has 1 aromatic carbocycles. The Bertz CT molecular complexity index is 741. The fraction of sp³-hybridized carbons (Fsp3) is 0.353. The van der Waals surface area contributed by atoms with Gasteiger partial charge in [0.1, 0.15) is 5.70 Å². The minimum absolute atomic E-state index is 0.0168. The number of hydrogen-bond donors (Lipinski definition) is 2. The van der Waals surface area contributed by atoms with Crippen molar-refractivity contribution in [3.8, 4) is 0 Å². The van der Waals surface area contributed by atoms with Crippen LogP contribution < -0.4 is 5.32 Å². The third-order valence-corrected chi connectivity index (χ3v) is 4.28.